The molecule has 0 saturated carbocycles. The largest absolute Gasteiger partial charge is 0.352 e. The van der Waals surface area contributed by atoms with Crippen molar-refractivity contribution in [2.75, 3.05) is 11.9 Å². The number of hydrogen-bond acceptors (Lipinski definition) is 3. The van der Waals surface area contributed by atoms with Crippen molar-refractivity contribution in [2.45, 2.75) is 12.8 Å². The van der Waals surface area contributed by atoms with Gasteiger partial charge in [-0.1, -0.05) is 42.5 Å². The highest BCUT2D eigenvalue weighted by molar-refractivity contribution is 7.13. The van der Waals surface area contributed by atoms with E-state index in [1.165, 1.54) is 0 Å². The van der Waals surface area contributed by atoms with Gasteiger partial charge in [-0.15, -0.1) is 11.3 Å². The van der Waals surface area contributed by atoms with Gasteiger partial charge in [-0.05, 0) is 36.1 Å². The minimum Gasteiger partial charge on any atom is -0.352 e. The maximum atomic E-state index is 12.2. The molecule has 2 amide bonds. The normalized spacial score (nSPS) is 10.3. The first-order valence-electron chi connectivity index (χ1n) is 8.50. The predicted octanol–water partition coefficient (Wildman–Crippen LogP) is 4.56. The molecule has 4 nitrogen and oxygen atoms in total. The fourth-order valence-corrected chi connectivity index (χ4v) is 3.36. The molecule has 0 saturated heterocycles. The molecule has 1 aromatic heterocycles. The van der Waals surface area contributed by atoms with E-state index in [1.807, 2.05) is 60.0 Å². The number of carbonyl (C=O) groups is 2. The number of carbonyl (C=O) groups excluding carboxylic acids is 2. The van der Waals surface area contributed by atoms with Gasteiger partial charge >= 0.3 is 0 Å². The van der Waals surface area contributed by atoms with Crippen LogP contribution in [0.3, 0.4) is 0 Å². The molecular formula is C21H20N2O2S. The average molecular weight is 364 g/mol. The van der Waals surface area contributed by atoms with Gasteiger partial charge in [0.2, 0.25) is 5.91 Å². The Kier molecular flexibility index (Phi) is 6.17. The van der Waals surface area contributed by atoms with Crippen molar-refractivity contribution >= 4 is 28.8 Å². The monoisotopic (exact) mass is 364 g/mol. The van der Waals surface area contributed by atoms with Crippen molar-refractivity contribution in [1.82, 2.24) is 5.32 Å². The van der Waals surface area contributed by atoms with Crippen LogP contribution in [0.2, 0.25) is 0 Å². The molecule has 1 heterocycles. The second-order valence-electron chi connectivity index (χ2n) is 5.80. The van der Waals surface area contributed by atoms with E-state index in [0.717, 1.165) is 16.1 Å². The summed E-state index contributed by atoms with van der Waals surface area (Å²) in [5.41, 5.74) is 2.46. The van der Waals surface area contributed by atoms with E-state index in [-0.39, 0.29) is 11.8 Å². The Balaban J connectivity index is 1.47. The molecular weight excluding hydrogens is 344 g/mol. The van der Waals surface area contributed by atoms with Crippen LogP contribution in [0, 0.1) is 0 Å². The Bertz CT molecular complexity index is 861. The van der Waals surface area contributed by atoms with Crippen LogP contribution in [-0.2, 0) is 4.79 Å². The topological polar surface area (TPSA) is 58.2 Å². The van der Waals surface area contributed by atoms with E-state index in [0.29, 0.717) is 24.9 Å². The molecule has 26 heavy (non-hydrogen) atoms. The lowest BCUT2D eigenvalue weighted by Gasteiger charge is -2.10. The molecule has 0 bridgehead atoms. The highest BCUT2D eigenvalue weighted by Crippen LogP contribution is 2.31. The zero-order valence-electron chi connectivity index (χ0n) is 14.3. The lowest BCUT2D eigenvalue weighted by atomic mass is 10.1. The summed E-state index contributed by atoms with van der Waals surface area (Å²) in [6, 6.07) is 20.9. The van der Waals surface area contributed by atoms with Crippen molar-refractivity contribution in [1.29, 1.82) is 0 Å². The van der Waals surface area contributed by atoms with Crippen LogP contribution in [0.4, 0.5) is 5.69 Å². The van der Waals surface area contributed by atoms with Gasteiger partial charge in [0.1, 0.15) is 0 Å². The van der Waals surface area contributed by atoms with Crippen molar-refractivity contribution in [3.8, 4) is 10.4 Å². The lowest BCUT2D eigenvalue weighted by molar-refractivity contribution is -0.116. The summed E-state index contributed by atoms with van der Waals surface area (Å²) in [6.45, 7) is 0.466. The van der Waals surface area contributed by atoms with Crippen LogP contribution >= 0.6 is 11.3 Å². The number of para-hydroxylation sites is 1. The van der Waals surface area contributed by atoms with Crippen molar-refractivity contribution in [3.63, 3.8) is 0 Å². The number of anilines is 1. The molecule has 0 radical (unpaired) electrons. The summed E-state index contributed by atoms with van der Waals surface area (Å²) in [5, 5.41) is 7.83. The van der Waals surface area contributed by atoms with E-state index < -0.39 is 0 Å². The third-order valence-corrected chi connectivity index (χ3v) is 4.79. The van der Waals surface area contributed by atoms with Crippen LogP contribution < -0.4 is 10.6 Å². The summed E-state index contributed by atoms with van der Waals surface area (Å²) in [7, 11) is 0. The first-order valence-corrected chi connectivity index (χ1v) is 9.38. The lowest BCUT2D eigenvalue weighted by Crippen LogP contribution is -2.25. The standard InChI is InChI=1S/C21H20N2O2S/c24-20(13-6-14-22-21(25)16-8-2-1-3-9-16)23-18-11-5-4-10-17(18)19-12-7-15-26-19/h1-5,7-12,15H,6,13-14H2,(H,22,25)(H,23,24). The number of thiophene rings is 1. The Morgan fingerprint density at radius 2 is 1.65 bits per heavy atom. The molecule has 0 aliphatic heterocycles. The van der Waals surface area contributed by atoms with Crippen LogP contribution in [0.5, 0.6) is 0 Å². The van der Waals surface area contributed by atoms with Crippen LogP contribution in [-0.4, -0.2) is 18.4 Å². The minimum absolute atomic E-state index is 0.0528. The smallest absolute Gasteiger partial charge is 0.251 e. The Labute approximate surface area is 156 Å². The van der Waals surface area contributed by atoms with E-state index in [1.54, 1.807) is 23.5 Å². The molecule has 0 atom stereocenters. The summed E-state index contributed by atoms with van der Waals surface area (Å²) >= 11 is 1.64. The Morgan fingerprint density at radius 1 is 0.885 bits per heavy atom. The maximum absolute atomic E-state index is 12.2. The zero-order chi connectivity index (χ0) is 18.2. The van der Waals surface area contributed by atoms with Gasteiger partial charge in [0.25, 0.3) is 5.91 Å². The molecule has 2 aromatic carbocycles. The third kappa shape index (κ3) is 4.80. The van der Waals surface area contributed by atoms with Crippen molar-refractivity contribution in [2.24, 2.45) is 0 Å². The fourth-order valence-electron chi connectivity index (χ4n) is 2.59. The zero-order valence-corrected chi connectivity index (χ0v) is 15.1. The molecule has 132 valence electrons. The quantitative estimate of drug-likeness (QED) is 0.604. The van der Waals surface area contributed by atoms with Crippen LogP contribution in [0.25, 0.3) is 10.4 Å². The van der Waals surface area contributed by atoms with Crippen LogP contribution in [0.1, 0.15) is 23.2 Å². The molecule has 3 aromatic rings. The number of hydrogen-bond donors (Lipinski definition) is 2. The van der Waals surface area contributed by atoms with Crippen molar-refractivity contribution < 1.29 is 9.59 Å². The van der Waals surface area contributed by atoms with E-state index in [2.05, 4.69) is 10.6 Å². The number of amides is 2. The summed E-state index contributed by atoms with van der Waals surface area (Å²) in [5.74, 6) is -0.169. The van der Waals surface area contributed by atoms with Gasteiger partial charge in [-0.2, -0.15) is 0 Å². The average Bonchev–Trinajstić information content (AvgIpc) is 3.21. The van der Waals surface area contributed by atoms with Gasteiger partial charge in [0, 0.05) is 34.7 Å². The molecule has 0 aliphatic carbocycles. The number of rotatable bonds is 7. The third-order valence-electron chi connectivity index (χ3n) is 3.89. The van der Waals surface area contributed by atoms with Gasteiger partial charge < -0.3 is 10.6 Å². The maximum Gasteiger partial charge on any atom is 0.251 e. The van der Waals surface area contributed by atoms with Gasteiger partial charge in [0.05, 0.1) is 0 Å². The van der Waals surface area contributed by atoms with Crippen LogP contribution in [0.15, 0.2) is 72.1 Å². The highest BCUT2D eigenvalue weighted by atomic mass is 32.1. The molecule has 0 unspecified atom stereocenters. The summed E-state index contributed by atoms with van der Waals surface area (Å²) in [4.78, 5) is 25.3. The molecule has 0 spiro atoms. The molecule has 2 N–H and O–H groups in total. The van der Waals surface area contributed by atoms with Crippen molar-refractivity contribution in [3.05, 3.63) is 77.7 Å². The predicted molar refractivity (Wildman–Crippen MR) is 106 cm³/mol. The SMILES string of the molecule is O=C(CCCNC(=O)c1ccccc1)Nc1ccccc1-c1cccs1. The van der Waals surface area contributed by atoms with E-state index in [9.17, 15) is 9.59 Å². The fraction of sp³-hybridized carbons (Fsp3) is 0.143. The molecule has 0 aliphatic rings. The Morgan fingerprint density at radius 3 is 2.42 bits per heavy atom. The minimum atomic E-state index is -0.117. The summed E-state index contributed by atoms with van der Waals surface area (Å²) in [6.07, 6.45) is 0.944. The summed E-state index contributed by atoms with van der Waals surface area (Å²) < 4.78 is 0. The van der Waals surface area contributed by atoms with Gasteiger partial charge in [-0.25, -0.2) is 0 Å². The second kappa shape index (κ2) is 8.97. The number of benzene rings is 2. The molecule has 5 heteroatoms. The van der Waals surface area contributed by atoms with Gasteiger partial charge in [-0.3, -0.25) is 9.59 Å². The Hall–Kier alpha value is -2.92. The van der Waals surface area contributed by atoms with E-state index >= 15 is 0 Å². The van der Waals surface area contributed by atoms with Gasteiger partial charge in [0.15, 0.2) is 0 Å². The number of nitrogens with one attached hydrogen (secondary N) is 2. The first-order chi connectivity index (χ1) is 12.7. The molecule has 0 fully saturated rings. The second-order valence-corrected chi connectivity index (χ2v) is 6.74. The van der Waals surface area contributed by atoms with E-state index in [4.69, 9.17) is 0 Å². The molecule has 3 rings (SSSR count). The first kappa shape index (κ1) is 17.9. The highest BCUT2D eigenvalue weighted by Gasteiger charge is 2.09.